The molecule has 0 atom stereocenters. The first kappa shape index (κ1) is 10.7. The molecule has 0 saturated heterocycles. The molecule has 0 saturated carbocycles. The third-order valence-corrected chi connectivity index (χ3v) is 2.40. The largest absolute Gasteiger partial charge is 0.377 e. The number of hydrogen-bond acceptors (Lipinski definition) is 4. The highest BCUT2D eigenvalue weighted by molar-refractivity contribution is 5.50. The minimum absolute atomic E-state index is 0.592. The fourth-order valence-corrected chi connectivity index (χ4v) is 1.59. The average molecular weight is 217 g/mol. The van der Waals surface area contributed by atoms with Gasteiger partial charge in [-0.25, -0.2) is 0 Å². The van der Waals surface area contributed by atoms with E-state index in [-0.39, 0.29) is 0 Å². The van der Waals surface area contributed by atoms with E-state index in [0.29, 0.717) is 18.3 Å². The van der Waals surface area contributed by atoms with Crippen molar-refractivity contribution >= 4 is 5.69 Å². The molecule has 2 rings (SSSR count). The summed E-state index contributed by atoms with van der Waals surface area (Å²) in [5.74, 6) is 1.28. The molecule has 84 valence electrons. The van der Waals surface area contributed by atoms with Gasteiger partial charge < -0.3 is 9.84 Å². The van der Waals surface area contributed by atoms with Crippen molar-refractivity contribution in [1.82, 2.24) is 10.1 Å². The number of para-hydroxylation sites is 1. The van der Waals surface area contributed by atoms with Crippen molar-refractivity contribution in [2.45, 2.75) is 26.8 Å². The molecule has 0 aliphatic rings. The van der Waals surface area contributed by atoms with Crippen LogP contribution in [-0.4, -0.2) is 10.1 Å². The lowest BCUT2D eigenvalue weighted by molar-refractivity contribution is 0.388. The van der Waals surface area contributed by atoms with Crippen LogP contribution in [0, 0.1) is 6.92 Å². The summed E-state index contributed by atoms with van der Waals surface area (Å²) in [6, 6.07) is 8.24. The van der Waals surface area contributed by atoms with Crippen LogP contribution in [0.25, 0.3) is 0 Å². The summed E-state index contributed by atoms with van der Waals surface area (Å²) in [5, 5.41) is 7.15. The number of hydrogen-bond donors (Lipinski definition) is 1. The first-order valence-corrected chi connectivity index (χ1v) is 5.40. The number of aromatic nitrogens is 2. The highest BCUT2D eigenvalue weighted by atomic mass is 16.5. The predicted octanol–water partition coefficient (Wildman–Crippen LogP) is 2.55. The summed E-state index contributed by atoms with van der Waals surface area (Å²) >= 11 is 0. The molecule has 0 bridgehead atoms. The fraction of sp³-hybridized carbons (Fsp3) is 0.333. The normalized spacial score (nSPS) is 10.4. The first-order valence-electron chi connectivity index (χ1n) is 5.40. The molecule has 4 heteroatoms. The molecule has 0 spiro atoms. The van der Waals surface area contributed by atoms with Gasteiger partial charge >= 0.3 is 0 Å². The molecule has 0 aliphatic carbocycles. The molecule has 0 radical (unpaired) electrons. The summed E-state index contributed by atoms with van der Waals surface area (Å²) in [7, 11) is 0. The lowest BCUT2D eigenvalue weighted by Crippen LogP contribution is -2.03. The van der Waals surface area contributed by atoms with Gasteiger partial charge in [-0.2, -0.15) is 4.98 Å². The van der Waals surface area contributed by atoms with E-state index in [1.54, 1.807) is 6.92 Å². The predicted molar refractivity (Wildman–Crippen MR) is 62.2 cm³/mol. The maximum atomic E-state index is 4.91. The number of aryl methyl sites for hydroxylation is 2. The van der Waals surface area contributed by atoms with Crippen molar-refractivity contribution < 1.29 is 4.52 Å². The summed E-state index contributed by atoms with van der Waals surface area (Å²) < 4.78 is 4.91. The highest BCUT2D eigenvalue weighted by Gasteiger charge is 2.03. The van der Waals surface area contributed by atoms with Crippen molar-refractivity contribution in [2.75, 3.05) is 5.32 Å². The van der Waals surface area contributed by atoms with Crippen molar-refractivity contribution in [3.63, 3.8) is 0 Å². The van der Waals surface area contributed by atoms with Gasteiger partial charge in [0.25, 0.3) is 0 Å². The number of benzene rings is 1. The minimum atomic E-state index is 0.592. The topological polar surface area (TPSA) is 51.0 Å². The van der Waals surface area contributed by atoms with Crippen LogP contribution in [0.3, 0.4) is 0 Å². The molecule has 0 unspecified atom stereocenters. The lowest BCUT2D eigenvalue weighted by atomic mass is 10.1. The van der Waals surface area contributed by atoms with Crippen LogP contribution < -0.4 is 5.32 Å². The minimum Gasteiger partial charge on any atom is -0.377 e. The van der Waals surface area contributed by atoms with E-state index in [9.17, 15) is 0 Å². The van der Waals surface area contributed by atoms with Gasteiger partial charge in [-0.3, -0.25) is 0 Å². The Balaban J connectivity index is 2.04. The SMILES string of the molecule is CCc1ccccc1NCc1noc(C)n1. The number of rotatable bonds is 4. The summed E-state index contributed by atoms with van der Waals surface area (Å²) in [4.78, 5) is 4.14. The van der Waals surface area contributed by atoms with Crippen molar-refractivity contribution in [3.8, 4) is 0 Å². The molecule has 4 nitrogen and oxygen atoms in total. The Hall–Kier alpha value is -1.84. The molecular formula is C12H15N3O. The second-order valence-corrected chi connectivity index (χ2v) is 3.59. The maximum absolute atomic E-state index is 4.91. The van der Waals surface area contributed by atoms with Crippen LogP contribution in [0.2, 0.25) is 0 Å². The molecule has 0 aliphatic heterocycles. The van der Waals surface area contributed by atoms with Gasteiger partial charge in [0.05, 0.1) is 6.54 Å². The zero-order chi connectivity index (χ0) is 11.4. The number of anilines is 1. The van der Waals surface area contributed by atoms with Crippen LogP contribution in [0.1, 0.15) is 24.2 Å². The van der Waals surface area contributed by atoms with Crippen molar-refractivity contribution in [2.24, 2.45) is 0 Å². The molecule has 1 heterocycles. The zero-order valence-electron chi connectivity index (χ0n) is 9.53. The molecule has 0 fully saturated rings. The summed E-state index contributed by atoms with van der Waals surface area (Å²) in [5.41, 5.74) is 2.43. The number of nitrogens with one attached hydrogen (secondary N) is 1. The van der Waals surface area contributed by atoms with E-state index in [0.717, 1.165) is 12.1 Å². The van der Waals surface area contributed by atoms with E-state index in [2.05, 4.69) is 34.5 Å². The molecule has 16 heavy (non-hydrogen) atoms. The second kappa shape index (κ2) is 4.79. The van der Waals surface area contributed by atoms with Crippen molar-refractivity contribution in [3.05, 3.63) is 41.5 Å². The third kappa shape index (κ3) is 2.39. The highest BCUT2D eigenvalue weighted by Crippen LogP contribution is 2.15. The Morgan fingerprint density at radius 2 is 2.12 bits per heavy atom. The smallest absolute Gasteiger partial charge is 0.223 e. The lowest BCUT2D eigenvalue weighted by Gasteiger charge is -2.08. The van der Waals surface area contributed by atoms with E-state index < -0.39 is 0 Å². The van der Waals surface area contributed by atoms with Crippen LogP contribution in [0.4, 0.5) is 5.69 Å². The van der Waals surface area contributed by atoms with Crippen LogP contribution in [-0.2, 0) is 13.0 Å². The molecule has 1 aromatic heterocycles. The van der Waals surface area contributed by atoms with Gasteiger partial charge in [0.15, 0.2) is 5.82 Å². The Morgan fingerprint density at radius 1 is 1.31 bits per heavy atom. The Kier molecular flexibility index (Phi) is 3.19. The van der Waals surface area contributed by atoms with Gasteiger partial charge in [-0.1, -0.05) is 30.3 Å². The molecule has 2 aromatic rings. The van der Waals surface area contributed by atoms with E-state index >= 15 is 0 Å². The Bertz CT molecular complexity index is 465. The maximum Gasteiger partial charge on any atom is 0.223 e. The fourth-order valence-electron chi connectivity index (χ4n) is 1.59. The Labute approximate surface area is 94.7 Å². The van der Waals surface area contributed by atoms with E-state index in [1.165, 1.54) is 5.56 Å². The van der Waals surface area contributed by atoms with Gasteiger partial charge in [0.1, 0.15) is 0 Å². The van der Waals surface area contributed by atoms with Crippen LogP contribution in [0.5, 0.6) is 0 Å². The Morgan fingerprint density at radius 3 is 2.81 bits per heavy atom. The van der Waals surface area contributed by atoms with Gasteiger partial charge in [0, 0.05) is 12.6 Å². The van der Waals surface area contributed by atoms with Gasteiger partial charge in [-0.05, 0) is 18.1 Å². The average Bonchev–Trinajstić information content (AvgIpc) is 2.73. The first-order chi connectivity index (χ1) is 7.79. The molecular weight excluding hydrogens is 202 g/mol. The van der Waals surface area contributed by atoms with E-state index in [4.69, 9.17) is 4.52 Å². The van der Waals surface area contributed by atoms with Crippen LogP contribution in [0.15, 0.2) is 28.8 Å². The van der Waals surface area contributed by atoms with Crippen LogP contribution >= 0.6 is 0 Å². The summed E-state index contributed by atoms with van der Waals surface area (Å²) in [6.45, 7) is 4.52. The molecule has 1 aromatic carbocycles. The quantitative estimate of drug-likeness (QED) is 0.855. The summed E-state index contributed by atoms with van der Waals surface area (Å²) in [6.07, 6.45) is 1.01. The second-order valence-electron chi connectivity index (χ2n) is 3.59. The molecule has 1 N–H and O–H groups in total. The van der Waals surface area contributed by atoms with Gasteiger partial charge in [-0.15, -0.1) is 0 Å². The third-order valence-electron chi connectivity index (χ3n) is 2.40. The van der Waals surface area contributed by atoms with E-state index in [1.807, 2.05) is 12.1 Å². The van der Waals surface area contributed by atoms with Crippen molar-refractivity contribution in [1.29, 1.82) is 0 Å². The van der Waals surface area contributed by atoms with Gasteiger partial charge in [0.2, 0.25) is 5.89 Å². The standard InChI is InChI=1S/C12H15N3O/c1-3-10-6-4-5-7-11(10)13-8-12-14-9(2)16-15-12/h4-7,13H,3,8H2,1-2H3. The number of nitrogens with zero attached hydrogens (tertiary/aromatic N) is 2. The monoisotopic (exact) mass is 217 g/mol. The zero-order valence-corrected chi connectivity index (χ0v) is 9.53. The molecule has 0 amide bonds.